The third kappa shape index (κ3) is 1.86. The molecule has 77 valence electrons. The summed E-state index contributed by atoms with van der Waals surface area (Å²) in [4.78, 5) is 1.31. The second kappa shape index (κ2) is 4.11. The van der Waals surface area contributed by atoms with Crippen LogP contribution in [0.4, 0.5) is 0 Å². The lowest BCUT2D eigenvalue weighted by atomic mass is 10.1. The van der Waals surface area contributed by atoms with Crippen LogP contribution in [0.1, 0.15) is 10.4 Å². The second-order valence-electron chi connectivity index (χ2n) is 3.74. The van der Waals surface area contributed by atoms with Crippen LogP contribution < -0.4 is 0 Å². The molecule has 0 aliphatic rings. The van der Waals surface area contributed by atoms with Crippen LogP contribution >= 0.6 is 11.3 Å². The zero-order valence-electron chi connectivity index (χ0n) is 8.76. The molecule has 1 heterocycles. The number of benzene rings is 2. The lowest BCUT2D eigenvalue weighted by Crippen LogP contribution is -1.78. The summed E-state index contributed by atoms with van der Waals surface area (Å²) in [6, 6.07) is 21.2. The Morgan fingerprint density at radius 3 is 2.38 bits per heavy atom. The molecule has 3 aromatic rings. The molecule has 1 radical (unpaired) electrons. The van der Waals surface area contributed by atoms with E-state index in [1.165, 1.54) is 20.5 Å². The topological polar surface area (TPSA) is 0 Å². The zero-order valence-corrected chi connectivity index (χ0v) is 9.58. The van der Waals surface area contributed by atoms with E-state index in [4.69, 9.17) is 0 Å². The van der Waals surface area contributed by atoms with Crippen molar-refractivity contribution in [2.75, 3.05) is 0 Å². The van der Waals surface area contributed by atoms with Crippen molar-refractivity contribution in [2.24, 2.45) is 0 Å². The molecule has 0 atom stereocenters. The maximum absolute atomic E-state index is 2.24. The first kappa shape index (κ1) is 9.61. The van der Waals surface area contributed by atoms with Crippen LogP contribution in [0.5, 0.6) is 0 Å². The molecule has 0 nitrogen and oxygen atoms in total. The summed E-state index contributed by atoms with van der Waals surface area (Å²) in [6.07, 6.45) is 2.23. The van der Waals surface area contributed by atoms with Gasteiger partial charge in [0.05, 0.1) is 0 Å². The Hall–Kier alpha value is -1.60. The Morgan fingerprint density at radius 1 is 0.812 bits per heavy atom. The maximum Gasteiger partial charge on any atom is 0.0345 e. The van der Waals surface area contributed by atoms with Crippen molar-refractivity contribution in [3.05, 3.63) is 77.5 Å². The normalized spacial score (nSPS) is 10.8. The molecule has 0 bridgehead atoms. The lowest BCUT2D eigenvalue weighted by Gasteiger charge is -1.95. The summed E-state index contributed by atoms with van der Waals surface area (Å²) < 4.78 is 1.35. The molecule has 2 aromatic carbocycles. The predicted molar refractivity (Wildman–Crippen MR) is 70.8 cm³/mol. The van der Waals surface area contributed by atoms with Crippen molar-refractivity contribution < 1.29 is 0 Å². The minimum absolute atomic E-state index is 1.26. The van der Waals surface area contributed by atoms with E-state index in [0.29, 0.717) is 0 Å². The molecule has 0 saturated heterocycles. The Morgan fingerprint density at radius 2 is 1.56 bits per heavy atom. The van der Waals surface area contributed by atoms with Gasteiger partial charge in [-0.15, -0.1) is 11.3 Å². The molecule has 0 spiro atoms. The molecular weight excluding hydrogens is 212 g/mol. The molecule has 16 heavy (non-hydrogen) atoms. The van der Waals surface area contributed by atoms with Gasteiger partial charge in [-0.1, -0.05) is 48.5 Å². The van der Waals surface area contributed by atoms with Crippen LogP contribution in [0.25, 0.3) is 10.1 Å². The van der Waals surface area contributed by atoms with Gasteiger partial charge in [0.2, 0.25) is 0 Å². The van der Waals surface area contributed by atoms with Gasteiger partial charge in [0.1, 0.15) is 0 Å². The molecular formula is C15H11S. The number of hydrogen-bond acceptors (Lipinski definition) is 1. The highest BCUT2D eigenvalue weighted by Gasteiger charge is 2.02. The first-order chi connectivity index (χ1) is 7.92. The van der Waals surface area contributed by atoms with Crippen molar-refractivity contribution >= 4 is 21.4 Å². The van der Waals surface area contributed by atoms with Gasteiger partial charge in [0, 0.05) is 16.0 Å². The van der Waals surface area contributed by atoms with E-state index in [1.807, 2.05) is 17.4 Å². The molecule has 0 aliphatic carbocycles. The molecule has 1 heteroatoms. The first-order valence-electron chi connectivity index (χ1n) is 5.30. The van der Waals surface area contributed by atoms with E-state index in [2.05, 4.69) is 61.0 Å². The molecule has 0 amide bonds. The van der Waals surface area contributed by atoms with E-state index in [0.717, 1.165) is 0 Å². The highest BCUT2D eigenvalue weighted by Crippen LogP contribution is 2.27. The zero-order chi connectivity index (χ0) is 10.8. The van der Waals surface area contributed by atoms with Crippen LogP contribution in [0.15, 0.2) is 60.7 Å². The number of hydrogen-bond donors (Lipinski definition) is 0. The van der Waals surface area contributed by atoms with Crippen molar-refractivity contribution in [1.29, 1.82) is 0 Å². The molecule has 0 unspecified atom stereocenters. The molecule has 0 aliphatic heterocycles. The fourth-order valence-corrected chi connectivity index (χ4v) is 2.81. The summed E-state index contributed by atoms with van der Waals surface area (Å²) in [5, 5.41) is 1.33. The van der Waals surface area contributed by atoms with Gasteiger partial charge in [0.15, 0.2) is 0 Å². The highest BCUT2D eigenvalue weighted by atomic mass is 32.1. The van der Waals surface area contributed by atoms with Crippen LogP contribution in [-0.2, 0) is 0 Å². The fourth-order valence-electron chi connectivity index (χ4n) is 1.79. The summed E-state index contributed by atoms with van der Waals surface area (Å²) in [6.45, 7) is 0. The van der Waals surface area contributed by atoms with Gasteiger partial charge in [-0.05, 0) is 23.1 Å². The smallest absolute Gasteiger partial charge is 0.0345 e. The summed E-state index contributed by atoms with van der Waals surface area (Å²) in [5.74, 6) is 0. The van der Waals surface area contributed by atoms with Gasteiger partial charge in [-0.3, -0.25) is 0 Å². The van der Waals surface area contributed by atoms with Gasteiger partial charge < -0.3 is 0 Å². The molecule has 0 saturated carbocycles. The second-order valence-corrected chi connectivity index (χ2v) is 4.86. The predicted octanol–water partition coefficient (Wildman–Crippen LogP) is 4.50. The van der Waals surface area contributed by atoms with Crippen LogP contribution in [0, 0.1) is 6.42 Å². The van der Waals surface area contributed by atoms with E-state index in [1.54, 1.807) is 0 Å². The van der Waals surface area contributed by atoms with Crippen LogP contribution in [-0.4, -0.2) is 0 Å². The van der Waals surface area contributed by atoms with Gasteiger partial charge in [-0.2, -0.15) is 0 Å². The maximum atomic E-state index is 2.24. The van der Waals surface area contributed by atoms with Gasteiger partial charge >= 0.3 is 0 Å². The van der Waals surface area contributed by atoms with Gasteiger partial charge in [0.25, 0.3) is 0 Å². The molecule has 0 N–H and O–H groups in total. The quantitative estimate of drug-likeness (QED) is 0.600. The Kier molecular flexibility index (Phi) is 2.47. The Bertz CT molecular complexity index is 560. The average molecular weight is 223 g/mol. The Balaban J connectivity index is 1.95. The monoisotopic (exact) mass is 223 g/mol. The molecule has 1 aromatic heterocycles. The summed E-state index contributed by atoms with van der Waals surface area (Å²) in [5.41, 5.74) is 1.26. The SMILES string of the molecule is [CH](c1ccccc1)c1cc2ccccc2s1. The lowest BCUT2D eigenvalue weighted by molar-refractivity contribution is 1.50. The van der Waals surface area contributed by atoms with Crippen molar-refractivity contribution in [2.45, 2.75) is 0 Å². The standard InChI is InChI=1S/C15H11S/c1-2-6-12(7-3-1)10-14-11-13-8-4-5-9-15(13)16-14/h1-11H. The van der Waals surface area contributed by atoms with Crippen molar-refractivity contribution in [3.8, 4) is 0 Å². The molecule has 3 rings (SSSR count). The van der Waals surface area contributed by atoms with Gasteiger partial charge in [-0.25, -0.2) is 0 Å². The fraction of sp³-hybridized carbons (Fsp3) is 0. The minimum atomic E-state index is 1.26. The number of thiophene rings is 1. The van der Waals surface area contributed by atoms with E-state index < -0.39 is 0 Å². The first-order valence-corrected chi connectivity index (χ1v) is 6.12. The third-order valence-corrected chi connectivity index (χ3v) is 3.62. The minimum Gasteiger partial charge on any atom is -0.140 e. The largest absolute Gasteiger partial charge is 0.140 e. The van der Waals surface area contributed by atoms with E-state index in [-0.39, 0.29) is 0 Å². The summed E-state index contributed by atoms with van der Waals surface area (Å²) in [7, 11) is 0. The average Bonchev–Trinajstić information content (AvgIpc) is 2.72. The van der Waals surface area contributed by atoms with E-state index >= 15 is 0 Å². The van der Waals surface area contributed by atoms with E-state index in [9.17, 15) is 0 Å². The van der Waals surface area contributed by atoms with Crippen LogP contribution in [0.2, 0.25) is 0 Å². The van der Waals surface area contributed by atoms with Crippen LogP contribution in [0.3, 0.4) is 0 Å². The number of rotatable bonds is 2. The Labute approximate surface area is 99.2 Å². The third-order valence-electron chi connectivity index (χ3n) is 2.55. The highest BCUT2D eigenvalue weighted by molar-refractivity contribution is 7.19. The summed E-state index contributed by atoms with van der Waals surface area (Å²) >= 11 is 1.84. The van der Waals surface area contributed by atoms with Crippen molar-refractivity contribution in [1.82, 2.24) is 0 Å². The molecule has 0 fully saturated rings. The van der Waals surface area contributed by atoms with Crippen molar-refractivity contribution in [3.63, 3.8) is 0 Å². The number of fused-ring (bicyclic) bond motifs is 1.